The van der Waals surface area contributed by atoms with E-state index in [9.17, 15) is 24.9 Å². The maximum atomic E-state index is 13.0. The fourth-order valence-corrected chi connectivity index (χ4v) is 3.64. The first-order valence-corrected chi connectivity index (χ1v) is 8.07. The Labute approximate surface area is 148 Å². The van der Waals surface area contributed by atoms with Crippen LogP contribution in [0, 0.1) is 10.1 Å². The lowest BCUT2D eigenvalue weighted by Crippen LogP contribution is -2.43. The molecule has 1 radical (unpaired) electrons. The quantitative estimate of drug-likeness (QED) is 0.659. The van der Waals surface area contributed by atoms with Crippen LogP contribution >= 0.6 is 0 Å². The van der Waals surface area contributed by atoms with E-state index in [-0.39, 0.29) is 29.1 Å². The predicted molar refractivity (Wildman–Crippen MR) is 92.1 cm³/mol. The minimum Gasteiger partial charge on any atom is -0.309 e. The van der Waals surface area contributed by atoms with E-state index in [1.807, 2.05) is 0 Å². The smallest absolute Gasteiger partial charge is 0.309 e. The van der Waals surface area contributed by atoms with Crippen LogP contribution in [0.5, 0.6) is 0 Å². The number of benzene rings is 1. The fraction of sp³-hybridized carbons (Fsp3) is 0.412. The third-order valence-electron chi connectivity index (χ3n) is 4.94. The Morgan fingerprint density at radius 1 is 1.12 bits per heavy atom. The Morgan fingerprint density at radius 2 is 1.73 bits per heavy atom. The lowest BCUT2D eigenvalue weighted by molar-refractivity contribution is -0.385. The molecule has 137 valence electrons. The molecule has 0 saturated carbocycles. The minimum atomic E-state index is -1.13. The number of para-hydroxylation sites is 1. The monoisotopic (exact) mass is 359 g/mol. The average molecular weight is 359 g/mol. The molecule has 2 heterocycles. The van der Waals surface area contributed by atoms with E-state index in [1.165, 1.54) is 18.2 Å². The largest absolute Gasteiger partial charge is 0.328 e. The first-order chi connectivity index (χ1) is 12.0. The van der Waals surface area contributed by atoms with E-state index in [0.29, 0.717) is 0 Å². The highest BCUT2D eigenvalue weighted by molar-refractivity contribution is 5.41. The van der Waals surface area contributed by atoms with Crippen LogP contribution in [-0.4, -0.2) is 19.5 Å². The SMILES string of the molecule is CC1(C)c2[nH]c(=O)n(Cc3ccccc3[N+](=O)[O-])c(=O)c2C(C)(C)N1[O]. The third kappa shape index (κ3) is 2.39. The van der Waals surface area contributed by atoms with Crippen LogP contribution in [-0.2, 0) is 22.8 Å². The number of hydrogen-bond acceptors (Lipinski definition) is 5. The molecular formula is C17H19N4O5. The molecule has 1 aliphatic heterocycles. The minimum absolute atomic E-state index is 0.177. The molecule has 2 aromatic rings. The summed E-state index contributed by atoms with van der Waals surface area (Å²) in [5, 5.41) is 24.6. The van der Waals surface area contributed by atoms with Gasteiger partial charge < -0.3 is 4.98 Å². The molecule has 1 N–H and O–H groups in total. The molecule has 9 nitrogen and oxygen atoms in total. The van der Waals surface area contributed by atoms with Gasteiger partial charge in [-0.3, -0.25) is 19.5 Å². The van der Waals surface area contributed by atoms with Crippen molar-refractivity contribution in [3.05, 3.63) is 72.0 Å². The molecule has 9 heteroatoms. The van der Waals surface area contributed by atoms with Gasteiger partial charge in [0.1, 0.15) is 0 Å². The van der Waals surface area contributed by atoms with E-state index in [0.717, 1.165) is 9.63 Å². The number of nitrogens with zero attached hydrogens (tertiary/aromatic N) is 3. The predicted octanol–water partition coefficient (Wildman–Crippen LogP) is 1.62. The van der Waals surface area contributed by atoms with Crippen LogP contribution in [0.15, 0.2) is 33.9 Å². The molecule has 0 bridgehead atoms. The zero-order chi connectivity index (χ0) is 19.4. The Bertz CT molecular complexity index is 1020. The standard InChI is InChI=1S/C17H19N4O5/c1-16(2)12-13(17(3,4)21(16)26)18-15(23)19(14(12)22)9-10-7-5-6-8-11(10)20(24)25/h5-8H,9H2,1-4H3,(H,18,23). The van der Waals surface area contributed by atoms with Gasteiger partial charge in [0.2, 0.25) is 0 Å². The summed E-state index contributed by atoms with van der Waals surface area (Å²) < 4.78 is 0.901. The molecule has 1 aromatic heterocycles. The number of hydrogen-bond donors (Lipinski definition) is 1. The fourth-order valence-electron chi connectivity index (χ4n) is 3.64. The summed E-state index contributed by atoms with van der Waals surface area (Å²) in [5.41, 5.74) is -2.96. The molecule has 3 rings (SSSR count). The number of nitro groups is 1. The van der Waals surface area contributed by atoms with Gasteiger partial charge in [-0.15, -0.1) is 10.3 Å². The van der Waals surface area contributed by atoms with E-state index in [1.54, 1.807) is 33.8 Å². The average Bonchev–Trinajstić information content (AvgIpc) is 2.69. The van der Waals surface area contributed by atoms with Gasteiger partial charge in [0.15, 0.2) is 0 Å². The van der Waals surface area contributed by atoms with Gasteiger partial charge in [0, 0.05) is 11.6 Å². The van der Waals surface area contributed by atoms with Crippen LogP contribution in [0.2, 0.25) is 0 Å². The lowest BCUT2D eigenvalue weighted by Gasteiger charge is -2.31. The zero-order valence-corrected chi connectivity index (χ0v) is 14.9. The first-order valence-electron chi connectivity index (χ1n) is 8.07. The van der Waals surface area contributed by atoms with Gasteiger partial charge in [-0.1, -0.05) is 18.2 Å². The summed E-state index contributed by atoms with van der Waals surface area (Å²) >= 11 is 0. The number of nitro benzene ring substituents is 1. The van der Waals surface area contributed by atoms with Crippen molar-refractivity contribution in [1.29, 1.82) is 0 Å². The summed E-state index contributed by atoms with van der Waals surface area (Å²) in [5.74, 6) is 0. The Balaban J connectivity index is 2.23. The van der Waals surface area contributed by atoms with Gasteiger partial charge in [0.25, 0.3) is 11.2 Å². The van der Waals surface area contributed by atoms with Crippen molar-refractivity contribution in [3.63, 3.8) is 0 Å². The van der Waals surface area contributed by atoms with Crippen molar-refractivity contribution >= 4 is 5.69 Å². The Hall–Kier alpha value is -2.78. The van der Waals surface area contributed by atoms with Crippen LogP contribution in [0.3, 0.4) is 0 Å². The van der Waals surface area contributed by atoms with E-state index < -0.39 is 27.3 Å². The molecule has 0 saturated heterocycles. The second-order valence-electron chi connectivity index (χ2n) is 7.37. The van der Waals surface area contributed by atoms with Crippen molar-refractivity contribution in [2.45, 2.75) is 45.3 Å². The molecule has 0 fully saturated rings. The maximum Gasteiger partial charge on any atom is 0.328 e. The topological polar surface area (TPSA) is 121 Å². The molecule has 1 aromatic carbocycles. The second kappa shape index (κ2) is 5.61. The normalized spacial score (nSPS) is 17.9. The molecule has 0 amide bonds. The summed E-state index contributed by atoms with van der Waals surface area (Å²) in [4.78, 5) is 38.8. The van der Waals surface area contributed by atoms with Gasteiger partial charge in [-0.2, -0.15) is 0 Å². The maximum absolute atomic E-state index is 13.0. The second-order valence-corrected chi connectivity index (χ2v) is 7.37. The van der Waals surface area contributed by atoms with Crippen LogP contribution in [0.25, 0.3) is 0 Å². The van der Waals surface area contributed by atoms with E-state index in [4.69, 9.17) is 0 Å². The number of aromatic nitrogens is 2. The molecule has 1 aliphatic rings. The lowest BCUT2D eigenvalue weighted by atomic mass is 9.96. The van der Waals surface area contributed by atoms with Crippen molar-refractivity contribution in [2.75, 3.05) is 0 Å². The van der Waals surface area contributed by atoms with Crippen molar-refractivity contribution < 1.29 is 10.1 Å². The molecule has 0 unspecified atom stereocenters. The number of fused-ring (bicyclic) bond motifs is 1. The van der Waals surface area contributed by atoms with Gasteiger partial charge >= 0.3 is 5.69 Å². The molecule has 26 heavy (non-hydrogen) atoms. The van der Waals surface area contributed by atoms with Crippen molar-refractivity contribution in [2.24, 2.45) is 0 Å². The van der Waals surface area contributed by atoms with Gasteiger partial charge in [0.05, 0.1) is 33.8 Å². The van der Waals surface area contributed by atoms with Crippen LogP contribution in [0.1, 0.15) is 44.5 Å². The van der Waals surface area contributed by atoms with Gasteiger partial charge in [-0.05, 0) is 27.7 Å². The summed E-state index contributed by atoms with van der Waals surface area (Å²) in [6.45, 7) is 6.24. The highest BCUT2D eigenvalue weighted by atomic mass is 16.6. The van der Waals surface area contributed by atoms with Crippen molar-refractivity contribution in [3.8, 4) is 0 Å². The zero-order valence-electron chi connectivity index (χ0n) is 14.9. The van der Waals surface area contributed by atoms with E-state index in [2.05, 4.69) is 4.98 Å². The van der Waals surface area contributed by atoms with E-state index >= 15 is 0 Å². The molecular weight excluding hydrogens is 340 g/mol. The number of rotatable bonds is 3. The summed E-state index contributed by atoms with van der Waals surface area (Å²) in [6.07, 6.45) is 0. The number of H-pyrrole nitrogens is 1. The number of aromatic amines is 1. The van der Waals surface area contributed by atoms with Gasteiger partial charge in [-0.25, -0.2) is 4.79 Å². The van der Waals surface area contributed by atoms with Crippen LogP contribution in [0.4, 0.5) is 5.69 Å². The first kappa shape index (κ1) is 18.0. The third-order valence-corrected chi connectivity index (χ3v) is 4.94. The molecule has 0 aliphatic carbocycles. The number of hydroxylamine groups is 2. The molecule has 0 atom stereocenters. The molecule has 0 spiro atoms. The Kier molecular flexibility index (Phi) is 3.89. The highest BCUT2D eigenvalue weighted by Crippen LogP contribution is 2.45. The number of nitrogens with one attached hydrogen (secondary N) is 1. The summed E-state index contributed by atoms with van der Waals surface area (Å²) in [6, 6.07) is 5.92. The highest BCUT2D eigenvalue weighted by Gasteiger charge is 2.53. The Morgan fingerprint density at radius 3 is 2.35 bits per heavy atom. The van der Waals surface area contributed by atoms with Crippen LogP contribution < -0.4 is 11.2 Å². The van der Waals surface area contributed by atoms with Crippen molar-refractivity contribution in [1.82, 2.24) is 14.6 Å². The summed E-state index contributed by atoms with van der Waals surface area (Å²) in [7, 11) is 0.